The van der Waals surface area contributed by atoms with Crippen LogP contribution in [0.5, 0.6) is 0 Å². The van der Waals surface area contributed by atoms with E-state index in [4.69, 9.17) is 28.2 Å². The molecule has 3 N–H and O–H groups in total. The average Bonchev–Trinajstić information content (AvgIpc) is 3.84. The number of rotatable bonds is 19. The fourth-order valence-corrected chi connectivity index (χ4v) is 11.3. The van der Waals surface area contributed by atoms with Crippen LogP contribution in [0.3, 0.4) is 0 Å². The first-order valence-electron chi connectivity index (χ1n) is 20.8. The van der Waals surface area contributed by atoms with Gasteiger partial charge in [-0.2, -0.15) is 14.8 Å². The molecular weight excluding hydrogens is 814 g/mol. The van der Waals surface area contributed by atoms with Gasteiger partial charge in [0.1, 0.15) is 24.0 Å². The van der Waals surface area contributed by atoms with Crippen LogP contribution in [0.15, 0.2) is 95.6 Å². The van der Waals surface area contributed by atoms with Crippen molar-refractivity contribution in [2.75, 3.05) is 39.4 Å². The number of aromatic amines is 1. The number of methoxy groups -OCH3 is 3. The van der Waals surface area contributed by atoms with Crippen molar-refractivity contribution in [1.82, 2.24) is 24.2 Å². The van der Waals surface area contributed by atoms with Crippen molar-refractivity contribution in [3.8, 4) is 6.07 Å². The number of aromatic nitrogens is 4. The number of carbonyl (C=O) groups excluding carboxylic acids is 1. The summed E-state index contributed by atoms with van der Waals surface area (Å²) in [6.07, 6.45) is 3.88. The molecule has 2 aromatic heterocycles. The standard InChI is InChI=1S/C45H58N7O9P/c1-29(2)40(53)49-43-48-39-36(41(54)50-43)47-28-51(39)42-38(61-62(55,26-16-25-46)52(30(3)4)31(5)6)37(56-7)35(60-42)27-59-45(32-17-12-10-13-18-32,33-19-14-11-15-20-33)34-21-23-44(57-8,58-9)24-22-34/h10-15,17-23,28-31,35,37-38,42,55H,16,24,26-27H2,1-9H3,(H-,48,49,50,53,54)/p+1/t35-,37-,38-,42-,62?/m1/s1. The molecule has 3 heterocycles. The predicted molar refractivity (Wildman–Crippen MR) is 236 cm³/mol. The molecule has 0 saturated carbocycles. The molecule has 1 aliphatic heterocycles. The molecule has 0 radical (unpaired) electrons. The lowest BCUT2D eigenvalue weighted by molar-refractivity contribution is -0.168. The molecule has 2 aliphatic rings. The fraction of sp³-hybridized carbons (Fsp3) is 0.489. The van der Waals surface area contributed by atoms with Crippen molar-refractivity contribution in [2.45, 2.75) is 102 Å². The SMILES string of the molecule is CO[C@H]1[C@@H](O[P+](O)(CCC#N)N(C(C)C)C(C)C)[C@H](n2cnc3c(=O)[nH]c(NC(=O)C(C)C)nc32)O[C@@H]1COC(C1=CCC(OC)(OC)C=C1)(c1ccccc1)c1ccccc1. The van der Waals surface area contributed by atoms with Gasteiger partial charge in [0.2, 0.25) is 11.9 Å². The molecule has 16 nitrogen and oxygen atoms in total. The highest BCUT2D eigenvalue weighted by atomic mass is 31.2. The summed E-state index contributed by atoms with van der Waals surface area (Å²) in [5.41, 5.74) is 0.865. The summed E-state index contributed by atoms with van der Waals surface area (Å²) in [6, 6.07) is 21.6. The molecule has 4 aromatic rings. The monoisotopic (exact) mass is 872 g/mol. The number of nitrogens with one attached hydrogen (secondary N) is 2. The van der Waals surface area contributed by atoms with Crippen molar-refractivity contribution >= 4 is 30.9 Å². The number of ether oxygens (including phenoxy) is 5. The van der Waals surface area contributed by atoms with Crippen LogP contribution in [0, 0.1) is 17.2 Å². The first-order valence-corrected chi connectivity index (χ1v) is 22.6. The predicted octanol–water partition coefficient (Wildman–Crippen LogP) is 6.63. The van der Waals surface area contributed by atoms with Crippen LogP contribution in [0.2, 0.25) is 0 Å². The maximum atomic E-state index is 13.4. The van der Waals surface area contributed by atoms with E-state index >= 15 is 0 Å². The van der Waals surface area contributed by atoms with E-state index in [9.17, 15) is 19.7 Å². The molecule has 17 heteroatoms. The molecule has 332 valence electrons. The Balaban J connectivity index is 1.49. The highest BCUT2D eigenvalue weighted by Gasteiger charge is 2.58. The molecule has 1 fully saturated rings. The third-order valence-electron chi connectivity index (χ3n) is 11.3. The van der Waals surface area contributed by atoms with Gasteiger partial charge in [-0.3, -0.25) is 24.5 Å². The third-order valence-corrected chi connectivity index (χ3v) is 14.3. The zero-order valence-corrected chi connectivity index (χ0v) is 37.7. The Morgan fingerprint density at radius 1 is 1.05 bits per heavy atom. The van der Waals surface area contributed by atoms with Gasteiger partial charge >= 0.3 is 7.87 Å². The normalized spacial score (nSPS) is 21.1. The second-order valence-electron chi connectivity index (χ2n) is 16.2. The van der Waals surface area contributed by atoms with E-state index < -0.39 is 49.4 Å². The minimum Gasteiger partial charge on any atom is -0.376 e. The van der Waals surface area contributed by atoms with Gasteiger partial charge in [0, 0.05) is 45.8 Å². The fourth-order valence-electron chi connectivity index (χ4n) is 8.38. The Morgan fingerprint density at radius 3 is 2.19 bits per heavy atom. The second-order valence-corrected chi connectivity index (χ2v) is 18.7. The summed E-state index contributed by atoms with van der Waals surface area (Å²) >= 11 is 0. The number of carbonyl (C=O) groups is 1. The highest BCUT2D eigenvalue weighted by Crippen LogP contribution is 2.64. The summed E-state index contributed by atoms with van der Waals surface area (Å²) in [7, 11) is 1.16. The van der Waals surface area contributed by atoms with Gasteiger partial charge in [-0.15, -0.1) is 4.67 Å². The molecule has 1 aliphatic carbocycles. The molecule has 1 amide bonds. The summed E-state index contributed by atoms with van der Waals surface area (Å²) in [5.74, 6) is -1.76. The number of anilines is 1. The Morgan fingerprint density at radius 2 is 1.68 bits per heavy atom. The molecule has 5 atom stereocenters. The number of hydrogen-bond acceptors (Lipinski definition) is 13. The van der Waals surface area contributed by atoms with Gasteiger partial charge in [-0.25, -0.2) is 9.88 Å². The van der Waals surface area contributed by atoms with E-state index in [1.165, 1.54) is 13.4 Å². The van der Waals surface area contributed by atoms with E-state index in [0.29, 0.717) is 6.42 Å². The highest BCUT2D eigenvalue weighted by molar-refractivity contribution is 7.63. The number of benzene rings is 2. The zero-order valence-electron chi connectivity index (χ0n) is 36.8. The van der Waals surface area contributed by atoms with E-state index in [1.807, 2.05) is 111 Å². The van der Waals surface area contributed by atoms with E-state index in [1.54, 1.807) is 32.6 Å². The lowest BCUT2D eigenvalue weighted by Gasteiger charge is -2.40. The number of fused-ring (bicyclic) bond motifs is 1. The van der Waals surface area contributed by atoms with Crippen molar-refractivity contribution < 1.29 is 37.9 Å². The number of hydrogen-bond donors (Lipinski definition) is 3. The molecule has 1 saturated heterocycles. The Labute approximate surface area is 363 Å². The lowest BCUT2D eigenvalue weighted by Crippen LogP contribution is -2.44. The van der Waals surface area contributed by atoms with Crippen molar-refractivity contribution in [3.63, 3.8) is 0 Å². The molecule has 2 aromatic carbocycles. The molecule has 6 rings (SSSR count). The van der Waals surface area contributed by atoms with Crippen LogP contribution in [0.25, 0.3) is 11.2 Å². The summed E-state index contributed by atoms with van der Waals surface area (Å²) in [4.78, 5) is 50.5. The molecule has 0 bridgehead atoms. The minimum atomic E-state index is -3.58. The largest absolute Gasteiger partial charge is 0.376 e. The molecular formula is C45H59N7O9P+. The van der Waals surface area contributed by atoms with Gasteiger partial charge < -0.3 is 23.7 Å². The van der Waals surface area contributed by atoms with E-state index in [0.717, 1.165) is 16.7 Å². The zero-order chi connectivity index (χ0) is 44.8. The maximum absolute atomic E-state index is 13.4. The Kier molecular flexibility index (Phi) is 15.0. The van der Waals surface area contributed by atoms with Gasteiger partial charge in [0.15, 0.2) is 29.3 Å². The Bertz CT molecular complexity index is 2260. The third kappa shape index (κ3) is 9.33. The number of amides is 1. The number of imidazole rings is 1. The van der Waals surface area contributed by atoms with Crippen LogP contribution >= 0.6 is 7.87 Å². The Hall–Kier alpha value is -4.66. The van der Waals surface area contributed by atoms with Crippen LogP contribution in [-0.2, 0) is 38.6 Å². The molecule has 62 heavy (non-hydrogen) atoms. The molecule has 0 spiro atoms. The van der Waals surface area contributed by atoms with Gasteiger partial charge in [0.25, 0.3) is 5.56 Å². The topological polar surface area (TPSA) is 195 Å². The smallest absolute Gasteiger partial charge is 0.347 e. The minimum absolute atomic E-state index is 0.00419. The van der Waals surface area contributed by atoms with Crippen molar-refractivity contribution in [2.24, 2.45) is 5.92 Å². The van der Waals surface area contributed by atoms with Crippen LogP contribution in [-0.4, -0.2) is 105 Å². The van der Waals surface area contributed by atoms with Crippen molar-refractivity contribution in [3.05, 3.63) is 112 Å². The maximum Gasteiger partial charge on any atom is 0.347 e. The number of H-pyrrole nitrogens is 1. The van der Waals surface area contributed by atoms with Crippen LogP contribution in [0.1, 0.15) is 71.7 Å². The summed E-state index contributed by atoms with van der Waals surface area (Å²) in [6.45, 7) is 11.2. The average molecular weight is 873 g/mol. The van der Waals surface area contributed by atoms with Gasteiger partial charge in [0.05, 0.1) is 25.4 Å². The van der Waals surface area contributed by atoms with Gasteiger partial charge in [-0.05, 0) is 50.5 Å². The van der Waals surface area contributed by atoms with E-state index in [2.05, 4.69) is 26.3 Å². The van der Waals surface area contributed by atoms with Crippen LogP contribution in [0.4, 0.5) is 5.95 Å². The second kappa shape index (κ2) is 19.8. The summed E-state index contributed by atoms with van der Waals surface area (Å²) < 4.78 is 42.5. The summed E-state index contributed by atoms with van der Waals surface area (Å²) in [5, 5.41) is 12.4. The number of nitriles is 1. The van der Waals surface area contributed by atoms with E-state index in [-0.39, 0.29) is 60.2 Å². The first-order chi connectivity index (χ1) is 29.7. The quantitative estimate of drug-likeness (QED) is 0.0672. The molecule has 1 unspecified atom stereocenters. The first kappa shape index (κ1) is 46.8. The van der Waals surface area contributed by atoms with Crippen LogP contribution < -0.4 is 10.9 Å². The number of nitrogens with zero attached hydrogens (tertiary/aromatic N) is 5. The van der Waals surface area contributed by atoms with Crippen molar-refractivity contribution in [1.29, 1.82) is 5.26 Å². The van der Waals surface area contributed by atoms with Gasteiger partial charge in [-0.1, -0.05) is 86.7 Å². The lowest BCUT2D eigenvalue weighted by atomic mass is 9.77.